The molecule has 0 bridgehead atoms. The summed E-state index contributed by atoms with van der Waals surface area (Å²) in [5.74, 6) is 1.05. The molecule has 2 aromatic carbocycles. The van der Waals surface area contributed by atoms with Gasteiger partial charge in [0.25, 0.3) is 0 Å². The van der Waals surface area contributed by atoms with Gasteiger partial charge >= 0.3 is 6.03 Å². The normalized spacial score (nSPS) is 13.3. The van der Waals surface area contributed by atoms with Gasteiger partial charge in [0.1, 0.15) is 0 Å². The van der Waals surface area contributed by atoms with Gasteiger partial charge in [0, 0.05) is 24.5 Å². The number of ether oxygens (including phenoxy) is 2. The van der Waals surface area contributed by atoms with Crippen molar-refractivity contribution in [2.24, 2.45) is 0 Å². The van der Waals surface area contributed by atoms with Crippen molar-refractivity contribution >= 4 is 23.3 Å². The van der Waals surface area contributed by atoms with Crippen molar-refractivity contribution in [3.63, 3.8) is 0 Å². The molecule has 7 heteroatoms. The van der Waals surface area contributed by atoms with Gasteiger partial charge in [0.15, 0.2) is 11.5 Å². The van der Waals surface area contributed by atoms with Crippen LogP contribution in [-0.4, -0.2) is 39.2 Å². The molecule has 1 fully saturated rings. The molecular formula is C19H21N3O4. The fraction of sp³-hybridized carbons (Fsp3) is 0.263. The molecule has 0 radical (unpaired) electrons. The highest BCUT2D eigenvalue weighted by atomic mass is 16.5. The molecule has 2 aromatic rings. The lowest BCUT2D eigenvalue weighted by Gasteiger charge is -2.15. The molecule has 7 nitrogen and oxygen atoms in total. The minimum atomic E-state index is -0.153. The summed E-state index contributed by atoms with van der Waals surface area (Å²) in [7, 11) is 3.12. The Kier molecular flexibility index (Phi) is 5.26. The average molecular weight is 355 g/mol. The number of nitrogens with one attached hydrogen (secondary N) is 2. The summed E-state index contributed by atoms with van der Waals surface area (Å²) < 4.78 is 10.5. The molecule has 0 unspecified atom stereocenters. The molecule has 0 saturated carbocycles. The highest BCUT2D eigenvalue weighted by molar-refractivity contribution is 5.96. The number of hydrogen-bond acceptors (Lipinski definition) is 4. The lowest BCUT2D eigenvalue weighted by molar-refractivity contribution is -0.115. The van der Waals surface area contributed by atoms with Crippen LogP contribution in [0.5, 0.6) is 11.5 Å². The number of urea groups is 1. The van der Waals surface area contributed by atoms with Crippen LogP contribution in [0.1, 0.15) is 5.56 Å². The lowest BCUT2D eigenvalue weighted by atomic mass is 10.1. The SMILES string of the molecule is COc1ccc(CC(=O)Nc2cccc(N3CCNC3=O)c2)cc1OC. The summed E-state index contributed by atoms with van der Waals surface area (Å²) in [4.78, 5) is 25.8. The van der Waals surface area contributed by atoms with Crippen LogP contribution in [0, 0.1) is 0 Å². The zero-order chi connectivity index (χ0) is 18.5. The van der Waals surface area contributed by atoms with Gasteiger partial charge in [-0.1, -0.05) is 12.1 Å². The van der Waals surface area contributed by atoms with Crippen molar-refractivity contribution in [3.05, 3.63) is 48.0 Å². The van der Waals surface area contributed by atoms with Crippen LogP contribution in [-0.2, 0) is 11.2 Å². The van der Waals surface area contributed by atoms with Crippen LogP contribution in [0.2, 0.25) is 0 Å². The maximum atomic E-state index is 12.4. The number of nitrogens with zero attached hydrogens (tertiary/aromatic N) is 1. The average Bonchev–Trinajstić information content (AvgIpc) is 3.07. The third-order valence-electron chi connectivity index (χ3n) is 4.11. The molecule has 0 aromatic heterocycles. The van der Waals surface area contributed by atoms with Crippen LogP contribution in [0.4, 0.5) is 16.2 Å². The van der Waals surface area contributed by atoms with E-state index in [0.29, 0.717) is 30.3 Å². The Morgan fingerprint density at radius 3 is 2.65 bits per heavy atom. The molecule has 0 spiro atoms. The lowest BCUT2D eigenvalue weighted by Crippen LogP contribution is -2.27. The molecule has 1 aliphatic rings. The highest BCUT2D eigenvalue weighted by Crippen LogP contribution is 2.28. The van der Waals surface area contributed by atoms with Crippen LogP contribution in [0.15, 0.2) is 42.5 Å². The second kappa shape index (κ2) is 7.77. The first kappa shape index (κ1) is 17.6. The van der Waals surface area contributed by atoms with Gasteiger partial charge in [-0.15, -0.1) is 0 Å². The third kappa shape index (κ3) is 3.88. The van der Waals surface area contributed by atoms with Crippen LogP contribution >= 0.6 is 0 Å². The Morgan fingerprint density at radius 1 is 1.15 bits per heavy atom. The zero-order valence-corrected chi connectivity index (χ0v) is 14.7. The van der Waals surface area contributed by atoms with Crippen LogP contribution in [0.3, 0.4) is 0 Å². The second-order valence-electron chi connectivity index (χ2n) is 5.85. The van der Waals surface area contributed by atoms with E-state index >= 15 is 0 Å². The first-order chi connectivity index (χ1) is 12.6. The van der Waals surface area contributed by atoms with E-state index in [9.17, 15) is 9.59 Å². The molecule has 136 valence electrons. The van der Waals surface area contributed by atoms with E-state index in [2.05, 4.69) is 10.6 Å². The topological polar surface area (TPSA) is 79.9 Å². The zero-order valence-electron chi connectivity index (χ0n) is 14.7. The van der Waals surface area contributed by atoms with E-state index in [4.69, 9.17) is 9.47 Å². The molecule has 1 aliphatic heterocycles. The fourth-order valence-electron chi connectivity index (χ4n) is 2.85. The van der Waals surface area contributed by atoms with Gasteiger partial charge in [0.2, 0.25) is 5.91 Å². The first-order valence-electron chi connectivity index (χ1n) is 8.27. The Hall–Kier alpha value is -3.22. The predicted molar refractivity (Wildman–Crippen MR) is 99.1 cm³/mol. The Bertz CT molecular complexity index is 822. The minimum Gasteiger partial charge on any atom is -0.493 e. The largest absolute Gasteiger partial charge is 0.493 e. The predicted octanol–water partition coefficient (Wildman–Crippen LogP) is 2.41. The Labute approximate surface area is 151 Å². The maximum absolute atomic E-state index is 12.4. The quantitative estimate of drug-likeness (QED) is 0.834. The number of methoxy groups -OCH3 is 2. The van der Waals surface area contributed by atoms with Crippen molar-refractivity contribution in [1.82, 2.24) is 5.32 Å². The van der Waals surface area contributed by atoms with Gasteiger partial charge < -0.3 is 20.1 Å². The molecule has 0 atom stereocenters. The number of amides is 3. The number of rotatable bonds is 6. The van der Waals surface area contributed by atoms with Gasteiger partial charge in [-0.25, -0.2) is 4.79 Å². The third-order valence-corrected chi connectivity index (χ3v) is 4.11. The van der Waals surface area contributed by atoms with Crippen molar-refractivity contribution in [3.8, 4) is 11.5 Å². The van der Waals surface area contributed by atoms with Crippen molar-refractivity contribution in [2.75, 3.05) is 37.5 Å². The molecule has 3 rings (SSSR count). The molecule has 1 saturated heterocycles. The van der Waals surface area contributed by atoms with Gasteiger partial charge in [-0.05, 0) is 35.9 Å². The minimum absolute atomic E-state index is 0.126. The van der Waals surface area contributed by atoms with Crippen LogP contribution in [0.25, 0.3) is 0 Å². The van der Waals surface area contributed by atoms with E-state index in [1.807, 2.05) is 18.2 Å². The van der Waals surface area contributed by atoms with Gasteiger partial charge in [0.05, 0.1) is 20.6 Å². The summed E-state index contributed by atoms with van der Waals surface area (Å²) in [6.07, 6.45) is 0.203. The highest BCUT2D eigenvalue weighted by Gasteiger charge is 2.21. The summed E-state index contributed by atoms with van der Waals surface area (Å²) in [5.41, 5.74) is 2.21. The van der Waals surface area contributed by atoms with Gasteiger partial charge in [-0.2, -0.15) is 0 Å². The monoisotopic (exact) mass is 355 g/mol. The smallest absolute Gasteiger partial charge is 0.321 e. The first-order valence-corrected chi connectivity index (χ1v) is 8.27. The Morgan fingerprint density at radius 2 is 1.96 bits per heavy atom. The number of carbonyl (C=O) groups is 2. The van der Waals surface area contributed by atoms with E-state index in [-0.39, 0.29) is 18.4 Å². The molecule has 3 amide bonds. The number of carbonyl (C=O) groups excluding carboxylic acids is 2. The molecule has 1 heterocycles. The van der Waals surface area contributed by atoms with E-state index in [0.717, 1.165) is 11.3 Å². The Balaban J connectivity index is 1.68. The maximum Gasteiger partial charge on any atom is 0.321 e. The molecular weight excluding hydrogens is 334 g/mol. The molecule has 2 N–H and O–H groups in total. The van der Waals surface area contributed by atoms with Crippen molar-refractivity contribution < 1.29 is 19.1 Å². The summed E-state index contributed by atoms with van der Waals surface area (Å²) in [5, 5.41) is 5.62. The summed E-state index contributed by atoms with van der Waals surface area (Å²) >= 11 is 0. The fourth-order valence-corrected chi connectivity index (χ4v) is 2.85. The van der Waals surface area contributed by atoms with Crippen LogP contribution < -0.4 is 25.0 Å². The molecule has 0 aliphatic carbocycles. The number of benzene rings is 2. The van der Waals surface area contributed by atoms with Gasteiger partial charge in [-0.3, -0.25) is 9.69 Å². The number of hydrogen-bond donors (Lipinski definition) is 2. The van der Waals surface area contributed by atoms with Crippen molar-refractivity contribution in [2.45, 2.75) is 6.42 Å². The van der Waals surface area contributed by atoms with E-state index < -0.39 is 0 Å². The van der Waals surface area contributed by atoms with Crippen molar-refractivity contribution in [1.29, 1.82) is 0 Å². The van der Waals surface area contributed by atoms with E-state index in [1.165, 1.54) is 0 Å². The standard InChI is InChI=1S/C19H21N3O4/c1-25-16-7-6-13(10-17(16)26-2)11-18(23)21-14-4-3-5-15(12-14)22-9-8-20-19(22)24/h3-7,10,12H,8-9,11H2,1-2H3,(H,20,24)(H,21,23). The molecule has 26 heavy (non-hydrogen) atoms. The van der Waals surface area contributed by atoms with E-state index in [1.54, 1.807) is 43.4 Å². The summed E-state index contributed by atoms with van der Waals surface area (Å²) in [6.45, 7) is 1.23. The second-order valence-corrected chi connectivity index (χ2v) is 5.85. The number of anilines is 2. The summed E-state index contributed by atoms with van der Waals surface area (Å²) in [6, 6.07) is 12.5.